The van der Waals surface area contributed by atoms with Crippen molar-refractivity contribution in [1.29, 1.82) is 0 Å². The highest BCUT2D eigenvalue weighted by Crippen LogP contribution is 2.27. The summed E-state index contributed by atoms with van der Waals surface area (Å²) in [7, 11) is -4.12. The minimum absolute atomic E-state index is 0.00326. The van der Waals surface area contributed by atoms with Crippen molar-refractivity contribution in [2.75, 3.05) is 17.4 Å². The van der Waals surface area contributed by atoms with Crippen molar-refractivity contribution in [3.8, 4) is 0 Å². The largest absolute Gasteiger partial charge is 0.355 e. The molecule has 39 heavy (non-hydrogen) atoms. The normalized spacial score (nSPS) is 12.1. The van der Waals surface area contributed by atoms with Crippen molar-refractivity contribution < 1.29 is 18.0 Å². The number of carbonyl (C=O) groups excluding carboxylic acids is 2. The van der Waals surface area contributed by atoms with Gasteiger partial charge in [-0.25, -0.2) is 8.42 Å². The van der Waals surface area contributed by atoms with Crippen LogP contribution in [0, 0.1) is 13.8 Å². The quantitative estimate of drug-likeness (QED) is 0.308. The van der Waals surface area contributed by atoms with Gasteiger partial charge in [0.2, 0.25) is 11.8 Å². The van der Waals surface area contributed by atoms with E-state index in [2.05, 4.69) is 5.32 Å². The fraction of sp³-hybridized carbons (Fsp3) is 0.310. The fourth-order valence-electron chi connectivity index (χ4n) is 4.19. The zero-order valence-corrected chi connectivity index (χ0v) is 24.8. The lowest BCUT2D eigenvalue weighted by Crippen LogP contribution is -2.52. The highest BCUT2D eigenvalue weighted by atomic mass is 35.5. The second kappa shape index (κ2) is 13.3. The number of sulfonamides is 1. The van der Waals surface area contributed by atoms with E-state index in [1.165, 1.54) is 17.0 Å². The van der Waals surface area contributed by atoms with E-state index in [0.29, 0.717) is 34.3 Å². The Balaban J connectivity index is 2.08. The zero-order valence-electron chi connectivity index (χ0n) is 22.4. The lowest BCUT2D eigenvalue weighted by atomic mass is 10.1. The molecule has 3 rings (SSSR count). The molecule has 10 heteroatoms. The van der Waals surface area contributed by atoms with Crippen molar-refractivity contribution in [3.63, 3.8) is 0 Å². The average Bonchev–Trinajstić information content (AvgIpc) is 2.88. The lowest BCUT2D eigenvalue weighted by Gasteiger charge is -2.33. The van der Waals surface area contributed by atoms with E-state index in [9.17, 15) is 18.0 Å². The number of nitrogens with zero attached hydrogens (tertiary/aromatic N) is 2. The molecule has 7 nitrogen and oxygen atoms in total. The van der Waals surface area contributed by atoms with Crippen molar-refractivity contribution in [3.05, 3.63) is 93.5 Å². The lowest BCUT2D eigenvalue weighted by molar-refractivity contribution is -0.140. The molecule has 3 aromatic carbocycles. The molecule has 1 N–H and O–H groups in total. The van der Waals surface area contributed by atoms with Crippen LogP contribution in [-0.2, 0) is 26.2 Å². The van der Waals surface area contributed by atoms with Crippen LogP contribution >= 0.6 is 23.2 Å². The smallest absolute Gasteiger partial charge is 0.264 e. The van der Waals surface area contributed by atoms with Crippen LogP contribution in [0.1, 0.15) is 37.0 Å². The molecular weight excluding hydrogens is 557 g/mol. The first-order valence-corrected chi connectivity index (χ1v) is 14.8. The molecule has 0 spiro atoms. The Morgan fingerprint density at radius 2 is 1.62 bits per heavy atom. The molecule has 2 amide bonds. The summed E-state index contributed by atoms with van der Waals surface area (Å²) in [5.74, 6) is -0.877. The third kappa shape index (κ3) is 7.53. The Morgan fingerprint density at radius 1 is 0.923 bits per heavy atom. The number of hydrogen-bond donors (Lipinski definition) is 1. The van der Waals surface area contributed by atoms with E-state index in [-0.39, 0.29) is 17.3 Å². The number of likely N-dealkylation sites (N-methyl/N-ethyl adjacent to an activating group) is 1. The summed E-state index contributed by atoms with van der Waals surface area (Å²) >= 11 is 12.5. The monoisotopic (exact) mass is 589 g/mol. The standard InChI is InChI=1S/C29H33Cl2N3O4S/c1-5-27(29(36)32-6-2)33(18-22-12-13-23(30)17-26(22)31)28(35)19-34(24-9-7-8-21(4)16-24)39(37,38)25-14-10-20(3)11-15-25/h7-17,27H,5-6,18-19H2,1-4H3,(H,32,36)/t27-/m1/s1. The van der Waals surface area contributed by atoms with E-state index in [1.807, 2.05) is 19.9 Å². The van der Waals surface area contributed by atoms with Gasteiger partial charge in [0.15, 0.2) is 0 Å². The molecular formula is C29H33Cl2N3O4S. The summed E-state index contributed by atoms with van der Waals surface area (Å²) in [6, 6.07) is 17.5. The molecule has 3 aromatic rings. The molecule has 0 saturated heterocycles. The first kappa shape index (κ1) is 30.5. The molecule has 0 unspecified atom stereocenters. The van der Waals surface area contributed by atoms with Crippen LogP contribution in [0.4, 0.5) is 5.69 Å². The van der Waals surface area contributed by atoms with Crippen molar-refractivity contribution >= 4 is 50.7 Å². The molecule has 0 bridgehead atoms. The Bertz CT molecular complexity index is 1430. The maximum Gasteiger partial charge on any atom is 0.264 e. The third-order valence-electron chi connectivity index (χ3n) is 6.27. The van der Waals surface area contributed by atoms with Crippen LogP contribution in [0.25, 0.3) is 0 Å². The molecule has 208 valence electrons. The van der Waals surface area contributed by atoms with Gasteiger partial charge in [0.25, 0.3) is 10.0 Å². The van der Waals surface area contributed by atoms with Crippen LogP contribution in [0.15, 0.2) is 71.6 Å². The van der Waals surface area contributed by atoms with Gasteiger partial charge in [0.05, 0.1) is 10.6 Å². The molecule has 0 fully saturated rings. The maximum atomic E-state index is 14.0. The van der Waals surface area contributed by atoms with Crippen LogP contribution in [-0.4, -0.2) is 44.3 Å². The first-order chi connectivity index (χ1) is 18.5. The summed E-state index contributed by atoms with van der Waals surface area (Å²) in [6.07, 6.45) is 0.317. The summed E-state index contributed by atoms with van der Waals surface area (Å²) in [5.41, 5.74) is 2.67. The zero-order chi connectivity index (χ0) is 28.7. The van der Waals surface area contributed by atoms with Crippen LogP contribution in [0.2, 0.25) is 10.0 Å². The number of nitrogens with one attached hydrogen (secondary N) is 1. The number of benzene rings is 3. The van der Waals surface area contributed by atoms with Crippen molar-refractivity contribution in [1.82, 2.24) is 10.2 Å². The van der Waals surface area contributed by atoms with Crippen molar-refractivity contribution in [2.45, 2.75) is 51.6 Å². The molecule has 0 aliphatic rings. The SMILES string of the molecule is CCNC(=O)[C@@H](CC)N(Cc1ccc(Cl)cc1Cl)C(=O)CN(c1cccc(C)c1)S(=O)(=O)c1ccc(C)cc1. The topological polar surface area (TPSA) is 86.8 Å². The fourth-order valence-corrected chi connectivity index (χ4v) is 6.07. The van der Waals surface area contributed by atoms with Gasteiger partial charge in [-0.2, -0.15) is 0 Å². The maximum absolute atomic E-state index is 14.0. The van der Waals surface area contributed by atoms with Crippen LogP contribution in [0.3, 0.4) is 0 Å². The molecule has 0 aromatic heterocycles. The summed E-state index contributed by atoms with van der Waals surface area (Å²) in [6.45, 7) is 7.17. The number of rotatable bonds is 11. The summed E-state index contributed by atoms with van der Waals surface area (Å²) in [4.78, 5) is 28.5. The average molecular weight is 591 g/mol. The first-order valence-electron chi connectivity index (χ1n) is 12.6. The van der Waals surface area contributed by atoms with Crippen molar-refractivity contribution in [2.24, 2.45) is 0 Å². The Morgan fingerprint density at radius 3 is 2.21 bits per heavy atom. The Kier molecular flexibility index (Phi) is 10.4. The predicted octanol–water partition coefficient (Wildman–Crippen LogP) is 5.75. The molecule has 0 heterocycles. The van der Waals surface area contributed by atoms with Gasteiger partial charge in [0.1, 0.15) is 12.6 Å². The molecule has 0 radical (unpaired) electrons. The van der Waals surface area contributed by atoms with Gasteiger partial charge >= 0.3 is 0 Å². The van der Waals surface area contributed by atoms with Gasteiger partial charge in [-0.05, 0) is 74.7 Å². The second-order valence-corrected chi connectivity index (χ2v) is 11.9. The second-order valence-electron chi connectivity index (χ2n) is 9.24. The number of hydrogen-bond acceptors (Lipinski definition) is 4. The summed E-state index contributed by atoms with van der Waals surface area (Å²) in [5, 5.41) is 3.56. The Labute approximate surface area is 240 Å². The highest BCUT2D eigenvalue weighted by molar-refractivity contribution is 7.92. The van der Waals surface area contributed by atoms with Crippen LogP contribution < -0.4 is 9.62 Å². The molecule has 1 atom stereocenters. The molecule has 0 saturated carbocycles. The van der Waals surface area contributed by atoms with Gasteiger partial charge in [-0.15, -0.1) is 0 Å². The van der Waals surface area contributed by atoms with Gasteiger partial charge in [-0.3, -0.25) is 13.9 Å². The van der Waals surface area contributed by atoms with E-state index in [1.54, 1.807) is 62.4 Å². The highest BCUT2D eigenvalue weighted by Gasteiger charge is 2.33. The van der Waals surface area contributed by atoms with E-state index in [4.69, 9.17) is 23.2 Å². The predicted molar refractivity (Wildman–Crippen MR) is 157 cm³/mol. The minimum atomic E-state index is -4.12. The third-order valence-corrected chi connectivity index (χ3v) is 8.65. The number of carbonyl (C=O) groups is 2. The number of anilines is 1. The molecule has 0 aliphatic carbocycles. The van der Waals surface area contributed by atoms with Gasteiger partial charge in [0, 0.05) is 23.1 Å². The molecule has 0 aliphatic heterocycles. The summed E-state index contributed by atoms with van der Waals surface area (Å²) < 4.78 is 28.8. The van der Waals surface area contributed by atoms with Gasteiger partial charge in [-0.1, -0.05) is 66.0 Å². The van der Waals surface area contributed by atoms with Crippen LogP contribution in [0.5, 0.6) is 0 Å². The van der Waals surface area contributed by atoms with Gasteiger partial charge < -0.3 is 10.2 Å². The Hall–Kier alpha value is -3.07. The minimum Gasteiger partial charge on any atom is -0.355 e. The number of aryl methyl sites for hydroxylation is 2. The van der Waals surface area contributed by atoms with E-state index in [0.717, 1.165) is 15.4 Å². The number of amides is 2. The van der Waals surface area contributed by atoms with E-state index < -0.39 is 28.5 Å². The number of halogens is 2. The van der Waals surface area contributed by atoms with E-state index >= 15 is 0 Å².